The van der Waals surface area contributed by atoms with Gasteiger partial charge >= 0.3 is 0 Å². The number of rotatable bonds is 9. The molecule has 0 heterocycles. The summed E-state index contributed by atoms with van der Waals surface area (Å²) in [6, 6.07) is 5.77. The molecule has 0 atom stereocenters. The summed E-state index contributed by atoms with van der Waals surface area (Å²) < 4.78 is 24.6. The van der Waals surface area contributed by atoms with E-state index in [0.717, 1.165) is 12.1 Å². The largest absolute Gasteiger partial charge is 0.488 e. The van der Waals surface area contributed by atoms with Crippen LogP contribution in [-0.4, -0.2) is 25.9 Å². The molecule has 3 nitrogen and oxygen atoms in total. The summed E-state index contributed by atoms with van der Waals surface area (Å²) in [7, 11) is 0. The van der Waals surface area contributed by atoms with E-state index in [-0.39, 0.29) is 5.82 Å². The predicted molar refractivity (Wildman–Crippen MR) is 77.4 cm³/mol. The molecule has 1 aliphatic rings. The zero-order valence-corrected chi connectivity index (χ0v) is 12.3. The van der Waals surface area contributed by atoms with E-state index < -0.39 is 0 Å². The molecule has 0 radical (unpaired) electrons. The lowest BCUT2D eigenvalue weighted by molar-refractivity contribution is 0.0808. The maximum atomic E-state index is 13.8. The van der Waals surface area contributed by atoms with Crippen molar-refractivity contribution in [3.8, 4) is 5.75 Å². The van der Waals surface area contributed by atoms with Gasteiger partial charge in [-0.15, -0.1) is 0 Å². The standard InChI is InChI=1S/C16H24FNO2/c1-12(2)11-19-7-8-20-16-6-3-13(9-15(16)17)10-18-14-4-5-14/h3,6,9,12,14,18H,4-5,7-8,10-11H2,1-2H3. The van der Waals surface area contributed by atoms with E-state index in [9.17, 15) is 4.39 Å². The first-order chi connectivity index (χ1) is 9.65. The molecule has 1 fully saturated rings. The number of benzene rings is 1. The van der Waals surface area contributed by atoms with Crippen LogP contribution in [0.5, 0.6) is 5.75 Å². The second-order valence-electron chi connectivity index (χ2n) is 5.74. The number of nitrogens with one attached hydrogen (secondary N) is 1. The Hall–Kier alpha value is -1.13. The van der Waals surface area contributed by atoms with Crippen molar-refractivity contribution < 1.29 is 13.9 Å². The molecule has 1 aromatic carbocycles. The van der Waals surface area contributed by atoms with Crippen LogP contribution >= 0.6 is 0 Å². The van der Waals surface area contributed by atoms with E-state index in [1.165, 1.54) is 12.8 Å². The third-order valence-electron chi connectivity index (χ3n) is 3.10. The average Bonchev–Trinajstić information content (AvgIpc) is 3.21. The van der Waals surface area contributed by atoms with E-state index in [1.54, 1.807) is 12.1 Å². The zero-order chi connectivity index (χ0) is 14.4. The molecule has 0 aromatic heterocycles. The summed E-state index contributed by atoms with van der Waals surface area (Å²) in [6.45, 7) is 6.48. The van der Waals surface area contributed by atoms with Gasteiger partial charge in [-0.1, -0.05) is 19.9 Å². The van der Waals surface area contributed by atoms with Gasteiger partial charge in [-0.05, 0) is 36.5 Å². The maximum absolute atomic E-state index is 13.8. The van der Waals surface area contributed by atoms with Crippen LogP contribution in [0.4, 0.5) is 4.39 Å². The van der Waals surface area contributed by atoms with Crippen molar-refractivity contribution in [3.63, 3.8) is 0 Å². The molecule has 1 aromatic rings. The lowest BCUT2D eigenvalue weighted by atomic mass is 10.2. The fraction of sp³-hybridized carbons (Fsp3) is 0.625. The third-order valence-corrected chi connectivity index (χ3v) is 3.10. The molecule has 0 spiro atoms. The minimum Gasteiger partial charge on any atom is -0.488 e. The molecule has 0 bridgehead atoms. The van der Waals surface area contributed by atoms with Gasteiger partial charge in [-0.2, -0.15) is 0 Å². The van der Waals surface area contributed by atoms with Crippen LogP contribution in [-0.2, 0) is 11.3 Å². The Morgan fingerprint density at radius 3 is 2.75 bits per heavy atom. The second kappa shape index (κ2) is 7.60. The van der Waals surface area contributed by atoms with Crippen molar-refractivity contribution in [2.45, 2.75) is 39.3 Å². The van der Waals surface area contributed by atoms with E-state index in [4.69, 9.17) is 9.47 Å². The Labute approximate surface area is 120 Å². The monoisotopic (exact) mass is 281 g/mol. The number of halogens is 1. The fourth-order valence-corrected chi connectivity index (χ4v) is 1.85. The smallest absolute Gasteiger partial charge is 0.165 e. The average molecular weight is 281 g/mol. The molecule has 0 saturated heterocycles. The van der Waals surface area contributed by atoms with Crippen LogP contribution in [0.1, 0.15) is 32.3 Å². The van der Waals surface area contributed by atoms with Crippen LogP contribution in [0, 0.1) is 11.7 Å². The Bertz CT molecular complexity index is 419. The first kappa shape index (κ1) is 15.3. The Balaban J connectivity index is 1.71. The Kier molecular flexibility index (Phi) is 5.80. The quantitative estimate of drug-likeness (QED) is 0.705. The first-order valence-electron chi connectivity index (χ1n) is 7.37. The molecule has 4 heteroatoms. The third kappa shape index (κ3) is 5.47. The highest BCUT2D eigenvalue weighted by Gasteiger charge is 2.20. The van der Waals surface area contributed by atoms with Crippen LogP contribution < -0.4 is 10.1 Å². The van der Waals surface area contributed by atoms with E-state index in [0.29, 0.717) is 37.5 Å². The number of hydrogen-bond acceptors (Lipinski definition) is 3. The van der Waals surface area contributed by atoms with Gasteiger partial charge in [-0.3, -0.25) is 0 Å². The molecule has 0 unspecified atom stereocenters. The molecule has 2 rings (SSSR count). The van der Waals surface area contributed by atoms with Crippen molar-refractivity contribution in [2.75, 3.05) is 19.8 Å². The minimum atomic E-state index is -0.302. The van der Waals surface area contributed by atoms with Crippen molar-refractivity contribution in [1.29, 1.82) is 0 Å². The van der Waals surface area contributed by atoms with Crippen LogP contribution in [0.2, 0.25) is 0 Å². The van der Waals surface area contributed by atoms with E-state index in [2.05, 4.69) is 19.2 Å². The Morgan fingerprint density at radius 2 is 2.10 bits per heavy atom. The summed E-state index contributed by atoms with van der Waals surface area (Å²) in [5, 5.41) is 3.36. The molecular formula is C16H24FNO2. The van der Waals surface area contributed by atoms with Crippen molar-refractivity contribution >= 4 is 0 Å². The highest BCUT2D eigenvalue weighted by molar-refractivity contribution is 5.29. The van der Waals surface area contributed by atoms with E-state index >= 15 is 0 Å². The molecule has 1 saturated carbocycles. The van der Waals surface area contributed by atoms with Gasteiger partial charge in [0.2, 0.25) is 0 Å². The van der Waals surface area contributed by atoms with Gasteiger partial charge in [0.15, 0.2) is 11.6 Å². The van der Waals surface area contributed by atoms with Gasteiger partial charge in [0.05, 0.1) is 6.61 Å². The SMILES string of the molecule is CC(C)COCCOc1ccc(CNC2CC2)cc1F. The summed E-state index contributed by atoms with van der Waals surface area (Å²) in [4.78, 5) is 0. The highest BCUT2D eigenvalue weighted by atomic mass is 19.1. The van der Waals surface area contributed by atoms with Crippen molar-refractivity contribution in [2.24, 2.45) is 5.92 Å². The molecule has 0 amide bonds. The first-order valence-corrected chi connectivity index (χ1v) is 7.37. The normalized spacial score (nSPS) is 14.8. The molecule has 1 aliphatic carbocycles. The second-order valence-corrected chi connectivity index (χ2v) is 5.74. The van der Waals surface area contributed by atoms with Crippen LogP contribution in [0.3, 0.4) is 0 Å². The summed E-state index contributed by atoms with van der Waals surface area (Å²) >= 11 is 0. The highest BCUT2D eigenvalue weighted by Crippen LogP contribution is 2.21. The Morgan fingerprint density at radius 1 is 1.30 bits per heavy atom. The topological polar surface area (TPSA) is 30.5 Å². The molecular weight excluding hydrogens is 257 g/mol. The summed E-state index contributed by atoms with van der Waals surface area (Å²) in [6.07, 6.45) is 2.47. The van der Waals surface area contributed by atoms with Gasteiger partial charge in [-0.25, -0.2) is 4.39 Å². The van der Waals surface area contributed by atoms with Crippen molar-refractivity contribution in [1.82, 2.24) is 5.32 Å². The molecule has 20 heavy (non-hydrogen) atoms. The zero-order valence-electron chi connectivity index (χ0n) is 12.3. The molecule has 112 valence electrons. The number of hydrogen-bond donors (Lipinski definition) is 1. The van der Waals surface area contributed by atoms with Gasteiger partial charge < -0.3 is 14.8 Å². The van der Waals surface area contributed by atoms with Crippen LogP contribution in [0.15, 0.2) is 18.2 Å². The number of ether oxygens (including phenoxy) is 2. The lowest BCUT2D eigenvalue weighted by Gasteiger charge is -2.10. The molecule has 0 aliphatic heterocycles. The van der Waals surface area contributed by atoms with Gasteiger partial charge in [0, 0.05) is 19.2 Å². The van der Waals surface area contributed by atoms with Crippen LogP contribution in [0.25, 0.3) is 0 Å². The predicted octanol–water partition coefficient (Wildman–Crippen LogP) is 3.13. The lowest BCUT2D eigenvalue weighted by Crippen LogP contribution is -2.15. The van der Waals surface area contributed by atoms with Crippen molar-refractivity contribution in [3.05, 3.63) is 29.6 Å². The maximum Gasteiger partial charge on any atom is 0.165 e. The minimum absolute atomic E-state index is 0.299. The van der Waals surface area contributed by atoms with Gasteiger partial charge in [0.1, 0.15) is 6.61 Å². The summed E-state index contributed by atoms with van der Waals surface area (Å²) in [5.74, 6) is 0.502. The molecule has 1 N–H and O–H groups in total. The fourth-order valence-electron chi connectivity index (χ4n) is 1.85. The van der Waals surface area contributed by atoms with Gasteiger partial charge in [0.25, 0.3) is 0 Å². The van der Waals surface area contributed by atoms with E-state index in [1.807, 2.05) is 6.07 Å². The summed E-state index contributed by atoms with van der Waals surface area (Å²) in [5.41, 5.74) is 0.956.